The van der Waals surface area contributed by atoms with Crippen LogP contribution in [-0.4, -0.2) is 24.4 Å². The van der Waals surface area contributed by atoms with Gasteiger partial charge in [-0.15, -0.1) is 0 Å². The fourth-order valence-electron chi connectivity index (χ4n) is 4.21. The first-order valence-electron chi connectivity index (χ1n) is 8.96. The van der Waals surface area contributed by atoms with Crippen molar-refractivity contribution in [2.45, 2.75) is 24.7 Å². The van der Waals surface area contributed by atoms with Crippen molar-refractivity contribution in [3.05, 3.63) is 65.5 Å². The predicted molar refractivity (Wildman–Crippen MR) is 97.3 cm³/mol. The number of aliphatic carboxylic acids is 1. The minimum absolute atomic E-state index is 0.108. The molecule has 5 unspecified atom stereocenters. The van der Waals surface area contributed by atoms with Gasteiger partial charge < -0.3 is 9.84 Å². The van der Waals surface area contributed by atoms with Crippen LogP contribution in [0.15, 0.2) is 48.5 Å². The molecule has 4 N–H and O–H groups in total. The van der Waals surface area contributed by atoms with E-state index in [1.165, 1.54) is 12.1 Å². The number of halogens is 1. The lowest BCUT2D eigenvalue weighted by Gasteiger charge is -2.39. The molecule has 2 heterocycles. The zero-order valence-corrected chi connectivity index (χ0v) is 14.9. The smallest absolute Gasteiger partial charge is 0.307 e. The Hall–Kier alpha value is -2.48. The molecule has 5 atom stereocenters. The average molecular weight is 371 g/mol. The molecular weight excluding hydrogens is 349 g/mol. The van der Waals surface area contributed by atoms with Crippen LogP contribution in [0, 0.1) is 17.7 Å². The number of piperidine rings is 1. The van der Waals surface area contributed by atoms with Gasteiger partial charge in [0.15, 0.2) is 0 Å². The third kappa shape index (κ3) is 3.41. The van der Waals surface area contributed by atoms with E-state index in [0.717, 1.165) is 16.9 Å². The highest BCUT2D eigenvalue weighted by atomic mass is 19.1. The van der Waals surface area contributed by atoms with Gasteiger partial charge in [-0.25, -0.2) is 15.2 Å². The number of carboxylic acid groups (broad SMARTS) is 1. The number of carbonyl (C=O) groups is 1. The molecule has 0 amide bonds. The largest absolute Gasteiger partial charge is 0.497 e. The Balaban J connectivity index is 1.61. The first-order valence-corrected chi connectivity index (χ1v) is 8.96. The standard InChI is InChI=1S/C20H22FN3O3/c1-27-14-4-2-3-12(9-14)16-10-15(20(25)26)17-18(23-24-19(17)22-16)11-5-7-13(21)8-6-11/h2-9,15-19,22-24H,10H2,1H3,(H,25,26). The second kappa shape index (κ2) is 7.26. The molecule has 2 fully saturated rings. The maximum atomic E-state index is 13.3. The molecule has 142 valence electrons. The summed E-state index contributed by atoms with van der Waals surface area (Å²) in [6.45, 7) is 0. The van der Waals surface area contributed by atoms with Crippen molar-refractivity contribution >= 4 is 5.97 Å². The van der Waals surface area contributed by atoms with Crippen molar-refractivity contribution in [2.75, 3.05) is 7.11 Å². The summed E-state index contributed by atoms with van der Waals surface area (Å²) in [4.78, 5) is 12.1. The number of hydrazine groups is 1. The van der Waals surface area contributed by atoms with Crippen LogP contribution >= 0.6 is 0 Å². The Morgan fingerprint density at radius 3 is 2.63 bits per heavy atom. The van der Waals surface area contributed by atoms with Gasteiger partial charge in [-0.1, -0.05) is 24.3 Å². The zero-order chi connectivity index (χ0) is 19.0. The third-order valence-corrected chi connectivity index (χ3v) is 5.54. The number of hydrogen-bond acceptors (Lipinski definition) is 5. The summed E-state index contributed by atoms with van der Waals surface area (Å²) in [6, 6.07) is 13.5. The highest BCUT2D eigenvalue weighted by molar-refractivity contribution is 5.71. The second-order valence-electron chi connectivity index (χ2n) is 7.05. The molecule has 0 bridgehead atoms. The van der Waals surface area contributed by atoms with E-state index < -0.39 is 11.9 Å². The van der Waals surface area contributed by atoms with Gasteiger partial charge in [0.25, 0.3) is 0 Å². The summed E-state index contributed by atoms with van der Waals surface area (Å²) in [6.07, 6.45) is 0.246. The summed E-state index contributed by atoms with van der Waals surface area (Å²) in [5.74, 6) is -1.14. The third-order valence-electron chi connectivity index (χ3n) is 5.54. The second-order valence-corrected chi connectivity index (χ2v) is 7.05. The van der Waals surface area contributed by atoms with E-state index >= 15 is 0 Å². The summed E-state index contributed by atoms with van der Waals surface area (Å²) in [7, 11) is 1.61. The molecular formula is C20H22FN3O3. The van der Waals surface area contributed by atoms with E-state index in [-0.39, 0.29) is 30.0 Å². The van der Waals surface area contributed by atoms with Crippen LogP contribution < -0.4 is 20.9 Å². The predicted octanol–water partition coefficient (Wildman–Crippen LogP) is 2.36. The molecule has 2 aliphatic heterocycles. The van der Waals surface area contributed by atoms with Crippen LogP contribution in [0.4, 0.5) is 4.39 Å². The fraction of sp³-hybridized carbons (Fsp3) is 0.350. The molecule has 2 aliphatic rings. The molecule has 0 aliphatic carbocycles. The molecule has 4 rings (SSSR count). The highest BCUT2D eigenvalue weighted by Crippen LogP contribution is 2.42. The van der Waals surface area contributed by atoms with Crippen molar-refractivity contribution in [3.8, 4) is 5.75 Å². The van der Waals surface area contributed by atoms with Crippen LogP contribution in [-0.2, 0) is 4.79 Å². The maximum absolute atomic E-state index is 13.3. The van der Waals surface area contributed by atoms with E-state index in [4.69, 9.17) is 4.74 Å². The molecule has 2 aromatic rings. The number of benzene rings is 2. The molecule has 2 aromatic carbocycles. The Morgan fingerprint density at radius 2 is 1.93 bits per heavy atom. The lowest BCUT2D eigenvalue weighted by molar-refractivity contribution is -0.146. The van der Waals surface area contributed by atoms with Crippen molar-refractivity contribution in [1.82, 2.24) is 16.2 Å². The minimum Gasteiger partial charge on any atom is -0.497 e. The molecule has 0 saturated carbocycles. The molecule has 0 aromatic heterocycles. The average Bonchev–Trinajstić information content (AvgIpc) is 3.11. The zero-order valence-electron chi connectivity index (χ0n) is 14.9. The van der Waals surface area contributed by atoms with Crippen molar-refractivity contribution in [2.24, 2.45) is 11.8 Å². The van der Waals surface area contributed by atoms with Crippen molar-refractivity contribution in [3.63, 3.8) is 0 Å². The number of fused-ring (bicyclic) bond motifs is 1. The van der Waals surface area contributed by atoms with Gasteiger partial charge in [0, 0.05) is 12.0 Å². The number of rotatable bonds is 4. The maximum Gasteiger partial charge on any atom is 0.307 e. The van der Waals surface area contributed by atoms with Crippen LogP contribution in [0.25, 0.3) is 0 Å². The Kier molecular flexibility index (Phi) is 4.82. The molecule has 6 nitrogen and oxygen atoms in total. The van der Waals surface area contributed by atoms with Crippen LogP contribution in [0.5, 0.6) is 5.75 Å². The van der Waals surface area contributed by atoms with E-state index in [2.05, 4.69) is 16.2 Å². The van der Waals surface area contributed by atoms with Gasteiger partial charge in [-0.05, 0) is 41.8 Å². The fourth-order valence-corrected chi connectivity index (χ4v) is 4.21. The minimum atomic E-state index is -0.822. The topological polar surface area (TPSA) is 82.6 Å². The molecule has 0 radical (unpaired) electrons. The van der Waals surface area contributed by atoms with E-state index in [0.29, 0.717) is 6.42 Å². The van der Waals surface area contributed by atoms with Crippen molar-refractivity contribution in [1.29, 1.82) is 0 Å². The number of methoxy groups -OCH3 is 1. The number of carboxylic acids is 1. The molecule has 0 spiro atoms. The van der Waals surface area contributed by atoms with Crippen LogP contribution in [0.3, 0.4) is 0 Å². The summed E-state index contributed by atoms with van der Waals surface area (Å²) in [5, 5.41) is 13.4. The van der Waals surface area contributed by atoms with Crippen LogP contribution in [0.1, 0.15) is 29.6 Å². The van der Waals surface area contributed by atoms with Gasteiger partial charge in [0.1, 0.15) is 11.6 Å². The van der Waals surface area contributed by atoms with Gasteiger partial charge in [0.2, 0.25) is 0 Å². The Labute approximate surface area is 156 Å². The lowest BCUT2D eigenvalue weighted by atomic mass is 9.75. The van der Waals surface area contributed by atoms with Gasteiger partial charge in [0.05, 0.1) is 25.2 Å². The lowest BCUT2D eigenvalue weighted by Crippen LogP contribution is -2.53. The summed E-state index contributed by atoms with van der Waals surface area (Å²) in [5.41, 5.74) is 8.23. The first-order chi connectivity index (χ1) is 13.1. The van der Waals surface area contributed by atoms with E-state index in [1.54, 1.807) is 19.2 Å². The van der Waals surface area contributed by atoms with Gasteiger partial charge in [-0.3, -0.25) is 10.1 Å². The summed E-state index contributed by atoms with van der Waals surface area (Å²) >= 11 is 0. The molecule has 27 heavy (non-hydrogen) atoms. The molecule has 7 heteroatoms. The highest BCUT2D eigenvalue weighted by Gasteiger charge is 2.49. The quantitative estimate of drug-likeness (QED) is 0.661. The van der Waals surface area contributed by atoms with Crippen LogP contribution in [0.2, 0.25) is 0 Å². The summed E-state index contributed by atoms with van der Waals surface area (Å²) < 4.78 is 18.5. The van der Waals surface area contributed by atoms with E-state index in [1.807, 2.05) is 24.3 Å². The number of hydrogen-bond donors (Lipinski definition) is 4. The van der Waals surface area contributed by atoms with Crippen molar-refractivity contribution < 1.29 is 19.0 Å². The van der Waals surface area contributed by atoms with Gasteiger partial charge in [-0.2, -0.15) is 0 Å². The molecule has 2 saturated heterocycles. The Bertz CT molecular complexity index is 829. The SMILES string of the molecule is COc1cccc(C2CC(C(=O)O)C3C(NNC3c3ccc(F)cc3)N2)c1. The van der Waals surface area contributed by atoms with E-state index in [9.17, 15) is 14.3 Å². The number of ether oxygens (including phenoxy) is 1. The number of nitrogens with one attached hydrogen (secondary N) is 3. The normalized spacial score (nSPS) is 29.9. The monoisotopic (exact) mass is 371 g/mol. The Morgan fingerprint density at radius 1 is 1.15 bits per heavy atom. The first kappa shape index (κ1) is 17.9. The van der Waals surface area contributed by atoms with Gasteiger partial charge >= 0.3 is 5.97 Å².